The number of halogens is 2. The van der Waals surface area contributed by atoms with Gasteiger partial charge in [-0.2, -0.15) is 0 Å². The summed E-state index contributed by atoms with van der Waals surface area (Å²) in [6.07, 6.45) is 3.53. The normalized spacial score (nSPS) is 17.9. The number of carbonyl (C=O) groups excluding carboxylic acids is 2. The van der Waals surface area contributed by atoms with Crippen molar-refractivity contribution in [1.29, 1.82) is 0 Å². The lowest BCUT2D eigenvalue weighted by Gasteiger charge is -2.32. The van der Waals surface area contributed by atoms with Gasteiger partial charge in [-0.05, 0) is 43.2 Å². The van der Waals surface area contributed by atoms with Crippen molar-refractivity contribution in [3.8, 4) is 5.75 Å². The maximum absolute atomic E-state index is 12.8. The number of nitrogens with one attached hydrogen (secondary N) is 2. The van der Waals surface area contributed by atoms with Crippen LogP contribution in [0.1, 0.15) is 51.5 Å². The number of carbonyl (C=O) groups is 2. The molecule has 1 saturated carbocycles. The van der Waals surface area contributed by atoms with E-state index < -0.39 is 0 Å². The average Bonchev–Trinajstić information content (AvgIpc) is 3.31. The van der Waals surface area contributed by atoms with Gasteiger partial charge in [-0.15, -0.1) is 11.3 Å². The van der Waals surface area contributed by atoms with Crippen molar-refractivity contribution < 1.29 is 14.3 Å². The molecule has 2 atom stereocenters. The molecule has 1 aliphatic rings. The second kappa shape index (κ2) is 11.0. The molecule has 2 N–H and O–H groups in total. The molecule has 9 heteroatoms. The highest BCUT2D eigenvalue weighted by molar-refractivity contribution is 7.09. The fraction of sp³-hybridized carbons (Fsp3) is 0.292. The van der Waals surface area contributed by atoms with Crippen molar-refractivity contribution >= 4 is 46.4 Å². The smallest absolute Gasteiger partial charge is 0.271 e. The molecule has 1 aromatic heterocycles. The molecule has 33 heavy (non-hydrogen) atoms. The van der Waals surface area contributed by atoms with Gasteiger partial charge in [-0.25, -0.2) is 4.98 Å². The van der Waals surface area contributed by atoms with Crippen LogP contribution < -0.4 is 15.4 Å². The number of nitrogens with zero attached hydrogens (tertiary/aromatic N) is 1. The van der Waals surface area contributed by atoms with Gasteiger partial charge >= 0.3 is 0 Å². The lowest BCUT2D eigenvalue weighted by Crippen LogP contribution is -2.53. The predicted molar refractivity (Wildman–Crippen MR) is 130 cm³/mol. The largest absolute Gasteiger partial charge is 0.486 e. The molecule has 2 aromatic carbocycles. The SMILES string of the molecule is O=C(N[C@@H]1CCCC[C@H]1NC(=O)c1csc(COc2ccccc2)n1)c1ccc(Cl)c(Cl)c1. The highest BCUT2D eigenvalue weighted by Crippen LogP contribution is 2.24. The van der Waals surface area contributed by atoms with E-state index in [1.165, 1.54) is 11.3 Å². The molecule has 2 amide bonds. The molecule has 0 saturated heterocycles. The number of amides is 2. The van der Waals surface area contributed by atoms with E-state index >= 15 is 0 Å². The number of hydrogen-bond acceptors (Lipinski definition) is 5. The third kappa shape index (κ3) is 6.25. The molecule has 4 rings (SSSR count). The summed E-state index contributed by atoms with van der Waals surface area (Å²) in [4.78, 5) is 30.0. The maximum Gasteiger partial charge on any atom is 0.271 e. The summed E-state index contributed by atoms with van der Waals surface area (Å²) in [5.41, 5.74) is 0.786. The number of thiazole rings is 1. The van der Waals surface area contributed by atoms with E-state index in [1.807, 2.05) is 30.3 Å². The Kier molecular flexibility index (Phi) is 7.85. The summed E-state index contributed by atoms with van der Waals surface area (Å²) >= 11 is 13.4. The first-order valence-corrected chi connectivity index (χ1v) is 12.3. The van der Waals surface area contributed by atoms with Crippen LogP contribution in [0.25, 0.3) is 0 Å². The van der Waals surface area contributed by atoms with Gasteiger partial charge in [0.05, 0.1) is 10.0 Å². The summed E-state index contributed by atoms with van der Waals surface area (Å²) in [5, 5.41) is 9.26. The average molecular weight is 504 g/mol. The molecule has 0 radical (unpaired) electrons. The van der Waals surface area contributed by atoms with Crippen molar-refractivity contribution in [2.75, 3.05) is 0 Å². The lowest BCUT2D eigenvalue weighted by atomic mass is 9.90. The Balaban J connectivity index is 1.35. The van der Waals surface area contributed by atoms with Crippen molar-refractivity contribution in [2.45, 2.75) is 44.4 Å². The monoisotopic (exact) mass is 503 g/mol. The van der Waals surface area contributed by atoms with E-state index in [9.17, 15) is 9.59 Å². The van der Waals surface area contributed by atoms with Crippen LogP contribution in [0.4, 0.5) is 0 Å². The Labute approximate surface area is 206 Å². The van der Waals surface area contributed by atoms with Crippen molar-refractivity contribution in [3.63, 3.8) is 0 Å². The molecule has 6 nitrogen and oxygen atoms in total. The standard InChI is InChI=1S/C24H23Cl2N3O3S/c25-17-11-10-15(12-18(17)26)23(30)28-19-8-4-5-9-20(19)29-24(31)21-14-33-22(27-21)13-32-16-6-2-1-3-7-16/h1-3,6-7,10-12,14,19-20H,4-5,8-9,13H2,(H,28,30)(H,29,31)/t19-,20-/m1/s1. The Bertz CT molecular complexity index is 1120. The van der Waals surface area contributed by atoms with Gasteiger partial charge < -0.3 is 15.4 Å². The third-order valence-corrected chi connectivity index (χ3v) is 7.03. The Morgan fingerprint density at radius 2 is 1.67 bits per heavy atom. The number of ether oxygens (including phenoxy) is 1. The highest BCUT2D eigenvalue weighted by atomic mass is 35.5. The first kappa shape index (κ1) is 23.5. The van der Waals surface area contributed by atoms with Gasteiger partial charge in [0.15, 0.2) is 0 Å². The van der Waals surface area contributed by atoms with Gasteiger partial charge in [0.1, 0.15) is 23.1 Å². The van der Waals surface area contributed by atoms with E-state index in [4.69, 9.17) is 27.9 Å². The van der Waals surface area contributed by atoms with Gasteiger partial charge in [-0.3, -0.25) is 9.59 Å². The van der Waals surface area contributed by atoms with Crippen LogP contribution in [0.15, 0.2) is 53.9 Å². The highest BCUT2D eigenvalue weighted by Gasteiger charge is 2.29. The van der Waals surface area contributed by atoms with Gasteiger partial charge in [-0.1, -0.05) is 54.2 Å². The molecule has 1 aliphatic carbocycles. The minimum atomic E-state index is -0.252. The second-order valence-electron chi connectivity index (χ2n) is 7.80. The number of benzene rings is 2. The molecular formula is C24H23Cl2N3O3S. The number of para-hydroxylation sites is 1. The molecular weight excluding hydrogens is 481 g/mol. The molecule has 0 aliphatic heterocycles. The summed E-state index contributed by atoms with van der Waals surface area (Å²) < 4.78 is 5.70. The van der Waals surface area contributed by atoms with E-state index in [0.717, 1.165) is 36.4 Å². The summed E-state index contributed by atoms with van der Waals surface area (Å²) in [7, 11) is 0. The number of hydrogen-bond donors (Lipinski definition) is 2. The predicted octanol–water partition coefficient (Wildman–Crippen LogP) is 5.50. The van der Waals surface area contributed by atoms with Crippen LogP contribution >= 0.6 is 34.5 Å². The zero-order valence-electron chi connectivity index (χ0n) is 17.7. The quantitative estimate of drug-likeness (QED) is 0.445. The first-order valence-electron chi connectivity index (χ1n) is 10.7. The summed E-state index contributed by atoms with van der Waals surface area (Å²) in [5.74, 6) is 0.257. The van der Waals surface area contributed by atoms with Crippen LogP contribution in [-0.2, 0) is 6.61 Å². The Morgan fingerprint density at radius 1 is 0.970 bits per heavy atom. The van der Waals surface area contributed by atoms with Crippen LogP contribution in [0.2, 0.25) is 10.0 Å². The van der Waals surface area contributed by atoms with E-state index in [2.05, 4.69) is 15.6 Å². The van der Waals surface area contributed by atoms with Crippen molar-refractivity contribution in [1.82, 2.24) is 15.6 Å². The van der Waals surface area contributed by atoms with Gasteiger partial charge in [0.25, 0.3) is 11.8 Å². The number of aromatic nitrogens is 1. The molecule has 1 fully saturated rings. The Hall–Kier alpha value is -2.61. The van der Waals surface area contributed by atoms with Crippen molar-refractivity contribution in [2.24, 2.45) is 0 Å². The van der Waals surface area contributed by atoms with Gasteiger partial charge in [0.2, 0.25) is 0 Å². The minimum Gasteiger partial charge on any atom is -0.486 e. The molecule has 3 aromatic rings. The Morgan fingerprint density at radius 3 is 2.36 bits per heavy atom. The van der Waals surface area contributed by atoms with E-state index in [1.54, 1.807) is 23.6 Å². The van der Waals surface area contributed by atoms with Crippen LogP contribution in [0.3, 0.4) is 0 Å². The first-order chi connectivity index (χ1) is 16.0. The summed E-state index contributed by atoms with van der Waals surface area (Å²) in [6.45, 7) is 0.299. The molecule has 172 valence electrons. The fourth-order valence-corrected chi connectivity index (χ4v) is 4.73. The van der Waals surface area contributed by atoms with Crippen LogP contribution in [-0.4, -0.2) is 28.9 Å². The molecule has 0 unspecified atom stereocenters. The zero-order valence-corrected chi connectivity index (χ0v) is 20.1. The maximum atomic E-state index is 12.8. The van der Waals surface area contributed by atoms with Gasteiger partial charge in [0, 0.05) is 23.0 Å². The van der Waals surface area contributed by atoms with Crippen molar-refractivity contribution in [3.05, 3.63) is 80.2 Å². The molecule has 1 heterocycles. The van der Waals surface area contributed by atoms with E-state index in [0.29, 0.717) is 27.9 Å². The lowest BCUT2D eigenvalue weighted by molar-refractivity contribution is 0.0860. The third-order valence-electron chi connectivity index (χ3n) is 5.47. The second-order valence-corrected chi connectivity index (χ2v) is 9.56. The fourth-order valence-electron chi connectivity index (χ4n) is 3.75. The van der Waals surface area contributed by atoms with Crippen LogP contribution in [0.5, 0.6) is 5.75 Å². The molecule has 0 bridgehead atoms. The summed E-state index contributed by atoms with van der Waals surface area (Å²) in [6, 6.07) is 13.9. The minimum absolute atomic E-state index is 0.177. The topological polar surface area (TPSA) is 80.3 Å². The van der Waals surface area contributed by atoms with Crippen LogP contribution in [0, 0.1) is 0 Å². The van der Waals surface area contributed by atoms with E-state index in [-0.39, 0.29) is 23.9 Å². The molecule has 0 spiro atoms. The zero-order chi connectivity index (χ0) is 23.2. The number of rotatable bonds is 7.